The predicted molar refractivity (Wildman–Crippen MR) is 63.1 cm³/mol. The lowest BCUT2D eigenvalue weighted by Crippen LogP contribution is -2.36. The molecule has 0 radical (unpaired) electrons. The van der Waals surface area contributed by atoms with E-state index < -0.39 is 17.7 Å². The van der Waals surface area contributed by atoms with Crippen LogP contribution in [0.15, 0.2) is 18.2 Å². The Hall–Kier alpha value is -0.650. The van der Waals surface area contributed by atoms with Crippen LogP contribution in [0.3, 0.4) is 0 Å². The fourth-order valence-corrected chi connectivity index (χ4v) is 2.70. The number of aliphatic hydroxyl groups is 1. The number of ether oxygens (including phenoxy) is 1. The highest BCUT2D eigenvalue weighted by atomic mass is 32.2. The number of hydrogen-bond donors (Lipinski definition) is 1. The largest absolute Gasteiger partial charge is 0.390 e. The normalized spacial score (nSPS) is 22.4. The minimum absolute atomic E-state index is 0.150. The predicted octanol–water partition coefficient (Wildman–Crippen LogP) is 2.00. The van der Waals surface area contributed by atoms with Crippen molar-refractivity contribution in [1.82, 2.24) is 0 Å². The number of hydrogen-bond acceptors (Lipinski definition) is 3. The summed E-state index contributed by atoms with van der Waals surface area (Å²) in [6.07, 6.45) is -0.863. The van der Waals surface area contributed by atoms with Crippen LogP contribution in [-0.4, -0.2) is 35.4 Å². The van der Waals surface area contributed by atoms with E-state index in [0.29, 0.717) is 17.9 Å². The van der Waals surface area contributed by atoms with Crippen molar-refractivity contribution in [3.8, 4) is 0 Å². The molecule has 0 aromatic heterocycles. The molecule has 2 nitrogen and oxygen atoms in total. The molecular weight excluding hydrogens is 246 g/mol. The maximum atomic E-state index is 13.4. The summed E-state index contributed by atoms with van der Waals surface area (Å²) < 4.78 is 31.5. The molecular formula is C12H14F2O2S. The van der Waals surface area contributed by atoms with Crippen LogP contribution in [0.1, 0.15) is 5.56 Å². The number of halogens is 2. The highest BCUT2D eigenvalue weighted by molar-refractivity contribution is 7.99. The maximum absolute atomic E-state index is 13.4. The van der Waals surface area contributed by atoms with Crippen LogP contribution in [0.4, 0.5) is 8.78 Å². The lowest BCUT2D eigenvalue weighted by atomic mass is 10.0. The van der Waals surface area contributed by atoms with Crippen molar-refractivity contribution in [3.63, 3.8) is 0 Å². The van der Waals surface area contributed by atoms with Crippen LogP contribution in [0.5, 0.6) is 0 Å². The zero-order valence-corrected chi connectivity index (χ0v) is 10.1. The second kappa shape index (κ2) is 5.80. The van der Waals surface area contributed by atoms with Crippen molar-refractivity contribution in [2.75, 3.05) is 18.1 Å². The van der Waals surface area contributed by atoms with Gasteiger partial charge in [-0.25, -0.2) is 8.78 Å². The van der Waals surface area contributed by atoms with Gasteiger partial charge in [-0.1, -0.05) is 6.07 Å². The Balaban J connectivity index is 1.99. The molecule has 1 saturated heterocycles. The number of benzene rings is 1. The summed E-state index contributed by atoms with van der Waals surface area (Å²) in [7, 11) is 0. The first-order valence-electron chi connectivity index (χ1n) is 5.48. The van der Waals surface area contributed by atoms with Gasteiger partial charge in [-0.05, 0) is 11.6 Å². The Bertz CT molecular complexity index is 381. The van der Waals surface area contributed by atoms with E-state index in [1.54, 1.807) is 11.8 Å². The van der Waals surface area contributed by atoms with Crippen LogP contribution in [0, 0.1) is 11.6 Å². The molecule has 0 spiro atoms. The summed E-state index contributed by atoms with van der Waals surface area (Å²) in [5.41, 5.74) is 0.318. The molecule has 1 aliphatic heterocycles. The summed E-state index contributed by atoms with van der Waals surface area (Å²) in [5.74, 6) is 0.413. The van der Waals surface area contributed by atoms with E-state index in [0.717, 1.165) is 11.8 Å². The fourth-order valence-electron chi connectivity index (χ4n) is 1.77. The summed E-state index contributed by atoms with van der Waals surface area (Å²) >= 11 is 1.71. The van der Waals surface area contributed by atoms with E-state index in [4.69, 9.17) is 4.74 Å². The fraction of sp³-hybridized carbons (Fsp3) is 0.500. The van der Waals surface area contributed by atoms with Crippen molar-refractivity contribution < 1.29 is 18.6 Å². The van der Waals surface area contributed by atoms with Gasteiger partial charge in [-0.2, -0.15) is 11.8 Å². The third-order valence-corrected chi connectivity index (χ3v) is 3.73. The van der Waals surface area contributed by atoms with Crippen molar-refractivity contribution in [2.24, 2.45) is 0 Å². The van der Waals surface area contributed by atoms with Gasteiger partial charge in [0.05, 0.1) is 18.8 Å². The number of rotatable bonds is 3. The number of thioether (sulfide) groups is 1. The van der Waals surface area contributed by atoms with Crippen LogP contribution < -0.4 is 0 Å². The van der Waals surface area contributed by atoms with Crippen LogP contribution in [-0.2, 0) is 11.2 Å². The minimum Gasteiger partial charge on any atom is -0.390 e. The summed E-state index contributed by atoms with van der Waals surface area (Å²) in [6, 6.07) is 3.39. The third-order valence-electron chi connectivity index (χ3n) is 2.72. The van der Waals surface area contributed by atoms with Gasteiger partial charge in [-0.15, -0.1) is 0 Å². The van der Waals surface area contributed by atoms with Gasteiger partial charge in [0.2, 0.25) is 0 Å². The van der Waals surface area contributed by atoms with E-state index in [1.807, 2.05) is 0 Å². The Morgan fingerprint density at radius 1 is 1.47 bits per heavy atom. The monoisotopic (exact) mass is 260 g/mol. The molecule has 2 atom stereocenters. The van der Waals surface area contributed by atoms with Gasteiger partial charge in [0.25, 0.3) is 0 Å². The van der Waals surface area contributed by atoms with Gasteiger partial charge < -0.3 is 9.84 Å². The molecule has 17 heavy (non-hydrogen) atoms. The van der Waals surface area contributed by atoms with Gasteiger partial charge in [0.1, 0.15) is 11.6 Å². The standard InChI is InChI=1S/C12H14F2O2S/c13-9-2-1-8(10(14)6-9)5-11(15)12-7-17-4-3-16-12/h1-2,6,11-12,15H,3-5,7H2. The van der Waals surface area contributed by atoms with E-state index in [2.05, 4.69) is 0 Å². The molecule has 1 aromatic carbocycles. The molecule has 2 unspecified atom stereocenters. The molecule has 0 aliphatic carbocycles. The topological polar surface area (TPSA) is 29.5 Å². The Labute approximate surface area is 103 Å². The first-order chi connectivity index (χ1) is 8.16. The highest BCUT2D eigenvalue weighted by Crippen LogP contribution is 2.19. The molecule has 2 rings (SSSR count). The van der Waals surface area contributed by atoms with Crippen LogP contribution in [0.2, 0.25) is 0 Å². The van der Waals surface area contributed by atoms with Gasteiger partial charge in [0.15, 0.2) is 0 Å². The average Bonchev–Trinajstić information content (AvgIpc) is 2.34. The quantitative estimate of drug-likeness (QED) is 0.901. The molecule has 0 saturated carbocycles. The van der Waals surface area contributed by atoms with Crippen molar-refractivity contribution in [2.45, 2.75) is 18.6 Å². The molecule has 5 heteroatoms. The molecule has 1 heterocycles. The van der Waals surface area contributed by atoms with E-state index >= 15 is 0 Å². The molecule has 0 bridgehead atoms. The first-order valence-corrected chi connectivity index (χ1v) is 6.63. The molecule has 1 aromatic rings. The smallest absolute Gasteiger partial charge is 0.129 e. The Morgan fingerprint density at radius 2 is 2.29 bits per heavy atom. The first kappa shape index (κ1) is 12.8. The third kappa shape index (κ3) is 3.40. The molecule has 1 N–H and O–H groups in total. The van der Waals surface area contributed by atoms with Gasteiger partial charge >= 0.3 is 0 Å². The Kier molecular flexibility index (Phi) is 4.36. The molecule has 1 fully saturated rings. The average molecular weight is 260 g/mol. The van der Waals surface area contributed by atoms with Gasteiger partial charge in [0, 0.05) is 24.0 Å². The Morgan fingerprint density at radius 3 is 2.94 bits per heavy atom. The number of aliphatic hydroxyl groups excluding tert-OH is 1. The van der Waals surface area contributed by atoms with Crippen LogP contribution >= 0.6 is 11.8 Å². The lowest BCUT2D eigenvalue weighted by Gasteiger charge is -2.26. The SMILES string of the molecule is OC(Cc1ccc(F)cc1F)C1CSCCO1. The van der Waals surface area contributed by atoms with E-state index in [-0.39, 0.29) is 12.5 Å². The second-order valence-electron chi connectivity index (χ2n) is 3.99. The van der Waals surface area contributed by atoms with E-state index in [1.165, 1.54) is 12.1 Å². The summed E-state index contributed by atoms with van der Waals surface area (Å²) in [4.78, 5) is 0. The zero-order valence-electron chi connectivity index (χ0n) is 9.23. The second-order valence-corrected chi connectivity index (χ2v) is 5.14. The van der Waals surface area contributed by atoms with Crippen molar-refractivity contribution >= 4 is 11.8 Å². The van der Waals surface area contributed by atoms with Crippen LogP contribution in [0.25, 0.3) is 0 Å². The highest BCUT2D eigenvalue weighted by Gasteiger charge is 2.24. The van der Waals surface area contributed by atoms with E-state index in [9.17, 15) is 13.9 Å². The molecule has 0 amide bonds. The maximum Gasteiger partial charge on any atom is 0.129 e. The lowest BCUT2D eigenvalue weighted by molar-refractivity contribution is -0.0210. The summed E-state index contributed by atoms with van der Waals surface area (Å²) in [6.45, 7) is 0.609. The van der Waals surface area contributed by atoms with Gasteiger partial charge in [-0.3, -0.25) is 0 Å². The molecule has 94 valence electrons. The summed E-state index contributed by atoms with van der Waals surface area (Å²) in [5, 5.41) is 9.92. The molecule has 1 aliphatic rings. The zero-order chi connectivity index (χ0) is 12.3. The van der Waals surface area contributed by atoms with Crippen molar-refractivity contribution in [3.05, 3.63) is 35.4 Å². The minimum atomic E-state index is -0.747. The van der Waals surface area contributed by atoms with Crippen molar-refractivity contribution in [1.29, 1.82) is 0 Å².